The molecule has 3 aromatic heterocycles. The topological polar surface area (TPSA) is 44.9 Å². The Hall–Kier alpha value is -6.46. The average Bonchev–Trinajstić information content (AvgIpc) is 3.74. The van der Waals surface area contributed by atoms with Crippen LogP contribution in [0.2, 0.25) is 0 Å². The summed E-state index contributed by atoms with van der Waals surface area (Å²) in [7, 11) is 0. The van der Waals surface area contributed by atoms with Crippen LogP contribution < -0.4 is 4.74 Å². The minimum atomic E-state index is 0.104. The number of ether oxygens (including phenoxy) is 1. The second-order valence-electron chi connectivity index (χ2n) is 14.5. The van der Waals surface area contributed by atoms with Crippen molar-refractivity contribution >= 4 is 32.8 Å². The third-order valence-electron chi connectivity index (χ3n) is 10.0. The lowest BCUT2D eigenvalue weighted by Gasteiger charge is -2.19. The number of benzene rings is 6. The van der Waals surface area contributed by atoms with Gasteiger partial charge in [0.2, 0.25) is 0 Å². The summed E-state index contributed by atoms with van der Waals surface area (Å²) < 4.78 is 10.9. The van der Waals surface area contributed by atoms with Crippen molar-refractivity contribution in [1.82, 2.24) is 19.1 Å². The first kappa shape index (κ1) is 31.5. The van der Waals surface area contributed by atoms with E-state index in [1.807, 2.05) is 42.9 Å². The van der Waals surface area contributed by atoms with Gasteiger partial charge in [0.05, 0.1) is 27.8 Å². The van der Waals surface area contributed by atoms with Crippen LogP contribution in [0.3, 0.4) is 0 Å². The van der Waals surface area contributed by atoms with Crippen molar-refractivity contribution in [3.8, 4) is 45.3 Å². The number of pyridine rings is 1. The van der Waals surface area contributed by atoms with Gasteiger partial charge in [-0.3, -0.25) is 9.13 Å². The lowest BCUT2D eigenvalue weighted by molar-refractivity contribution is 0.483. The number of fused-ring (bicyclic) bond motifs is 4. The normalized spacial score (nSPS) is 11.8. The van der Waals surface area contributed by atoms with Gasteiger partial charge in [-0.1, -0.05) is 99.6 Å². The Bertz CT molecular complexity index is 2750. The van der Waals surface area contributed by atoms with Crippen molar-refractivity contribution < 1.29 is 4.74 Å². The highest BCUT2D eigenvalue weighted by atomic mass is 16.5. The first-order chi connectivity index (χ1) is 25.3. The number of hydrogen-bond acceptors (Lipinski definition) is 3. The fraction of sp³-hybridized carbons (Fsp3) is 0.106. The van der Waals surface area contributed by atoms with E-state index in [9.17, 15) is 0 Å². The predicted octanol–water partition coefficient (Wildman–Crippen LogP) is 12.2. The first-order valence-corrected chi connectivity index (χ1v) is 17.7. The van der Waals surface area contributed by atoms with Crippen LogP contribution in [-0.4, -0.2) is 19.1 Å². The van der Waals surface area contributed by atoms with Crippen molar-refractivity contribution in [2.24, 2.45) is 0 Å². The number of imidazole rings is 1. The molecule has 0 amide bonds. The largest absolute Gasteiger partial charge is 0.457 e. The van der Waals surface area contributed by atoms with Crippen molar-refractivity contribution in [2.45, 2.75) is 33.1 Å². The van der Waals surface area contributed by atoms with E-state index in [1.165, 1.54) is 27.8 Å². The van der Waals surface area contributed by atoms with Gasteiger partial charge in [-0.05, 0) is 94.8 Å². The van der Waals surface area contributed by atoms with Gasteiger partial charge in [0.1, 0.15) is 23.6 Å². The molecule has 0 bridgehead atoms. The second-order valence-corrected chi connectivity index (χ2v) is 14.5. The molecule has 3 heterocycles. The molecule has 0 saturated carbocycles. The quantitative estimate of drug-likeness (QED) is 0.176. The summed E-state index contributed by atoms with van der Waals surface area (Å²) >= 11 is 0. The third-order valence-corrected chi connectivity index (χ3v) is 10.0. The van der Waals surface area contributed by atoms with Crippen molar-refractivity contribution in [3.63, 3.8) is 0 Å². The number of rotatable bonds is 6. The second kappa shape index (κ2) is 12.4. The van der Waals surface area contributed by atoms with Gasteiger partial charge >= 0.3 is 0 Å². The molecule has 252 valence electrons. The van der Waals surface area contributed by atoms with E-state index in [2.05, 4.69) is 157 Å². The van der Waals surface area contributed by atoms with Crippen LogP contribution in [0.4, 0.5) is 0 Å². The Labute approximate surface area is 303 Å². The molecule has 5 heteroatoms. The average molecular weight is 675 g/mol. The molecule has 0 N–H and O–H groups in total. The van der Waals surface area contributed by atoms with Gasteiger partial charge in [-0.2, -0.15) is 0 Å². The Morgan fingerprint density at radius 3 is 2.13 bits per heavy atom. The fourth-order valence-electron chi connectivity index (χ4n) is 7.23. The van der Waals surface area contributed by atoms with Crippen molar-refractivity contribution in [1.29, 1.82) is 0 Å². The molecule has 6 aromatic carbocycles. The van der Waals surface area contributed by atoms with Crippen LogP contribution in [0.15, 0.2) is 158 Å². The Balaban J connectivity index is 1.15. The molecule has 0 aliphatic carbocycles. The first-order valence-electron chi connectivity index (χ1n) is 17.7. The molecule has 0 atom stereocenters. The van der Waals surface area contributed by atoms with Crippen LogP contribution in [0.1, 0.15) is 31.9 Å². The summed E-state index contributed by atoms with van der Waals surface area (Å²) in [6.45, 7) is 8.91. The maximum atomic E-state index is 6.58. The predicted molar refractivity (Wildman–Crippen MR) is 214 cm³/mol. The highest BCUT2D eigenvalue weighted by Crippen LogP contribution is 2.38. The summed E-state index contributed by atoms with van der Waals surface area (Å²) in [5, 5.41) is 2.30. The number of para-hydroxylation sites is 2. The maximum Gasteiger partial charge on any atom is 0.137 e. The molecule has 52 heavy (non-hydrogen) atoms. The number of aryl methyl sites for hydroxylation is 1. The van der Waals surface area contributed by atoms with E-state index in [-0.39, 0.29) is 5.41 Å². The molecule has 9 aromatic rings. The van der Waals surface area contributed by atoms with E-state index in [1.54, 1.807) is 0 Å². The summed E-state index contributed by atoms with van der Waals surface area (Å²) in [4.78, 5) is 9.68. The summed E-state index contributed by atoms with van der Waals surface area (Å²) in [5.74, 6) is 2.37. The minimum absolute atomic E-state index is 0.104. The standard InChI is InChI=1S/C47H38N4O/c1-31-25-46(48-29-41(31)33-17-20-35(21-18-33)47(2,3)4)51-43-24-19-34(32-11-6-5-7-12-32)26-40(43)39-23-22-38(28-45(39)51)52-37-14-10-13-36(27-37)50-30-49-42-15-8-9-16-44(42)50/h5-30H,1-4H3. The fourth-order valence-corrected chi connectivity index (χ4v) is 7.23. The Morgan fingerprint density at radius 2 is 1.33 bits per heavy atom. The van der Waals surface area contributed by atoms with Gasteiger partial charge in [0.25, 0.3) is 0 Å². The van der Waals surface area contributed by atoms with Crippen molar-refractivity contribution in [2.75, 3.05) is 0 Å². The molecule has 0 aliphatic heterocycles. The third kappa shape index (κ3) is 5.61. The molecule has 0 unspecified atom stereocenters. The summed E-state index contributed by atoms with van der Waals surface area (Å²) in [5.41, 5.74) is 12.4. The zero-order valence-corrected chi connectivity index (χ0v) is 29.7. The highest BCUT2D eigenvalue weighted by Gasteiger charge is 2.18. The van der Waals surface area contributed by atoms with E-state index in [0.29, 0.717) is 0 Å². The minimum Gasteiger partial charge on any atom is -0.457 e. The van der Waals surface area contributed by atoms with Crippen LogP contribution in [0.25, 0.3) is 66.6 Å². The molecule has 0 fully saturated rings. The molecule has 5 nitrogen and oxygen atoms in total. The lowest BCUT2D eigenvalue weighted by atomic mass is 9.86. The molecule has 0 radical (unpaired) electrons. The Morgan fingerprint density at radius 1 is 0.558 bits per heavy atom. The van der Waals surface area contributed by atoms with Crippen LogP contribution in [-0.2, 0) is 5.41 Å². The highest BCUT2D eigenvalue weighted by molar-refractivity contribution is 6.10. The van der Waals surface area contributed by atoms with E-state index < -0.39 is 0 Å². The number of hydrogen-bond donors (Lipinski definition) is 0. The van der Waals surface area contributed by atoms with Crippen LogP contribution in [0.5, 0.6) is 11.5 Å². The SMILES string of the molecule is Cc1cc(-n2c3ccc(-c4ccccc4)cc3c3ccc(Oc4cccc(-n5cnc6ccccc65)c4)cc32)ncc1-c1ccc(C(C)(C)C)cc1. The molecule has 0 spiro atoms. The maximum absolute atomic E-state index is 6.58. The molecule has 9 rings (SSSR count). The van der Waals surface area contributed by atoms with Gasteiger partial charge < -0.3 is 4.74 Å². The zero-order valence-electron chi connectivity index (χ0n) is 29.7. The van der Waals surface area contributed by atoms with Crippen LogP contribution in [0, 0.1) is 6.92 Å². The number of nitrogens with zero attached hydrogens (tertiary/aromatic N) is 4. The smallest absolute Gasteiger partial charge is 0.137 e. The van der Waals surface area contributed by atoms with Crippen molar-refractivity contribution in [3.05, 3.63) is 169 Å². The van der Waals surface area contributed by atoms with Crippen LogP contribution >= 0.6 is 0 Å². The zero-order chi connectivity index (χ0) is 35.4. The monoisotopic (exact) mass is 674 g/mol. The summed E-state index contributed by atoms with van der Waals surface area (Å²) in [6.07, 6.45) is 3.87. The molecular formula is C47H38N4O. The van der Waals surface area contributed by atoms with E-state index >= 15 is 0 Å². The Kier molecular flexibility index (Phi) is 7.51. The van der Waals surface area contributed by atoms with Gasteiger partial charge in [-0.15, -0.1) is 0 Å². The van der Waals surface area contributed by atoms with Gasteiger partial charge in [-0.25, -0.2) is 9.97 Å². The van der Waals surface area contributed by atoms with Gasteiger partial charge in [0, 0.05) is 34.7 Å². The van der Waals surface area contributed by atoms with E-state index in [0.717, 1.165) is 61.4 Å². The molecular weight excluding hydrogens is 637 g/mol. The molecule has 0 aliphatic rings. The molecule has 0 saturated heterocycles. The summed E-state index contributed by atoms with van der Waals surface area (Å²) in [6, 6.07) is 51.0. The number of aromatic nitrogens is 4. The van der Waals surface area contributed by atoms with Gasteiger partial charge in [0.15, 0.2) is 0 Å². The lowest BCUT2D eigenvalue weighted by Crippen LogP contribution is -2.10. The van der Waals surface area contributed by atoms with E-state index in [4.69, 9.17) is 9.72 Å².